The minimum Gasteiger partial charge on any atom is -0.480 e. The average Bonchev–Trinajstić information content (AvgIpc) is 3.03. The zero-order valence-electron chi connectivity index (χ0n) is 19.8. The summed E-state index contributed by atoms with van der Waals surface area (Å²) >= 11 is 0. The number of amides is 1. The summed E-state index contributed by atoms with van der Waals surface area (Å²) in [6.45, 7) is 4.52. The van der Waals surface area contributed by atoms with Crippen molar-refractivity contribution in [3.63, 3.8) is 0 Å². The van der Waals surface area contributed by atoms with Crippen molar-refractivity contribution in [3.05, 3.63) is 11.6 Å². The molecule has 5 aliphatic carbocycles. The zero-order valence-corrected chi connectivity index (χ0v) is 19.8. The van der Waals surface area contributed by atoms with Crippen molar-refractivity contribution in [2.45, 2.75) is 90.6 Å². The number of aliphatic hydroxyl groups excluding tert-OH is 1. The first kappa shape index (κ1) is 22.4. The van der Waals surface area contributed by atoms with Gasteiger partial charge in [0.25, 0.3) is 0 Å². The smallest absolute Gasteiger partial charge is 0.322 e. The van der Waals surface area contributed by atoms with Gasteiger partial charge in [0.15, 0.2) is 0 Å². The number of carbonyl (C=O) groups is 2. The third-order valence-corrected chi connectivity index (χ3v) is 10.9. The van der Waals surface area contributed by atoms with Gasteiger partial charge in [0.05, 0.1) is 6.10 Å². The molecule has 9 atom stereocenters. The lowest BCUT2D eigenvalue weighted by molar-refractivity contribution is -0.138. The third kappa shape index (κ3) is 3.45. The molecule has 32 heavy (non-hydrogen) atoms. The Bertz CT molecular complexity index is 807. The standard InChI is InChI=1S/C27H41NO4/c1-16(3-8-24(30)28-15-25(31)32)20-14-27-12-10-21-19(22(27)6-7-23(20)27)5-4-17-13-18(29)9-11-26(17,21)2/h14,16-19,21-23,29H,3-13,15H2,1-2H3,(H,28,30)(H,31,32)/t16?,17?,18-,19?,21?,22?,23?,26?,27?/m1/s1. The van der Waals surface area contributed by atoms with Gasteiger partial charge in [-0.05, 0) is 111 Å². The molecule has 0 saturated heterocycles. The summed E-state index contributed by atoms with van der Waals surface area (Å²) in [5.74, 6) is 3.24. The Morgan fingerprint density at radius 1 is 1.12 bits per heavy atom. The lowest BCUT2D eigenvalue weighted by Gasteiger charge is -2.63. The number of nitrogens with one attached hydrogen (secondary N) is 1. The molecule has 8 unspecified atom stereocenters. The molecule has 0 radical (unpaired) electrons. The van der Waals surface area contributed by atoms with E-state index in [2.05, 4.69) is 25.2 Å². The molecule has 4 saturated carbocycles. The number of aliphatic carboxylic acids is 1. The number of carboxylic acid groups (broad SMARTS) is 1. The highest BCUT2D eigenvalue weighted by Gasteiger charge is 2.64. The fourth-order valence-electron chi connectivity index (χ4n) is 9.30. The van der Waals surface area contributed by atoms with E-state index in [1.807, 2.05) is 0 Å². The number of fused-ring (bicyclic) bond motifs is 4. The van der Waals surface area contributed by atoms with E-state index in [1.54, 1.807) is 5.57 Å². The normalized spacial score (nSPS) is 45.3. The number of carboxylic acids is 1. The van der Waals surface area contributed by atoms with Gasteiger partial charge in [-0.15, -0.1) is 0 Å². The van der Waals surface area contributed by atoms with Gasteiger partial charge in [-0.25, -0.2) is 0 Å². The highest BCUT2D eigenvalue weighted by atomic mass is 16.4. The predicted octanol–water partition coefficient (Wildman–Crippen LogP) is 4.54. The van der Waals surface area contributed by atoms with Crippen LogP contribution in [0.5, 0.6) is 0 Å². The summed E-state index contributed by atoms with van der Waals surface area (Å²) in [5.41, 5.74) is 2.44. The van der Waals surface area contributed by atoms with Crippen LogP contribution in [0, 0.1) is 46.3 Å². The molecule has 5 heteroatoms. The Morgan fingerprint density at radius 3 is 2.72 bits per heavy atom. The van der Waals surface area contributed by atoms with Crippen LogP contribution in [-0.2, 0) is 9.59 Å². The molecular weight excluding hydrogens is 402 g/mol. The molecule has 1 amide bonds. The fraction of sp³-hybridized carbons (Fsp3) is 0.852. The lowest BCUT2D eigenvalue weighted by Crippen LogP contribution is -2.55. The maximum Gasteiger partial charge on any atom is 0.322 e. The lowest BCUT2D eigenvalue weighted by atomic mass is 9.42. The molecule has 4 fully saturated rings. The van der Waals surface area contributed by atoms with Crippen LogP contribution in [0.3, 0.4) is 0 Å². The van der Waals surface area contributed by atoms with Crippen molar-refractivity contribution in [1.82, 2.24) is 5.32 Å². The van der Waals surface area contributed by atoms with Crippen molar-refractivity contribution in [2.75, 3.05) is 6.54 Å². The van der Waals surface area contributed by atoms with Crippen molar-refractivity contribution in [3.8, 4) is 0 Å². The van der Waals surface area contributed by atoms with Crippen molar-refractivity contribution >= 4 is 11.9 Å². The summed E-state index contributed by atoms with van der Waals surface area (Å²) in [4.78, 5) is 22.6. The molecule has 0 aliphatic heterocycles. The van der Waals surface area contributed by atoms with Crippen LogP contribution in [0.4, 0.5) is 0 Å². The number of allylic oxidation sites excluding steroid dienone is 2. The summed E-state index contributed by atoms with van der Waals surface area (Å²) in [5, 5.41) is 21.5. The molecule has 0 aromatic heterocycles. The molecule has 0 aromatic carbocycles. The van der Waals surface area contributed by atoms with Gasteiger partial charge >= 0.3 is 5.97 Å². The van der Waals surface area contributed by atoms with E-state index in [-0.39, 0.29) is 18.6 Å². The average molecular weight is 444 g/mol. The molecule has 5 aliphatic rings. The highest BCUT2D eigenvalue weighted by Crippen LogP contribution is 2.72. The molecular formula is C27H41NO4. The first-order chi connectivity index (χ1) is 15.2. The maximum atomic E-state index is 11.9. The van der Waals surface area contributed by atoms with Crippen LogP contribution >= 0.6 is 0 Å². The van der Waals surface area contributed by atoms with Gasteiger partial charge in [0.1, 0.15) is 6.54 Å². The fourth-order valence-corrected chi connectivity index (χ4v) is 9.30. The Kier molecular flexibility index (Phi) is 5.71. The van der Waals surface area contributed by atoms with E-state index in [0.717, 1.165) is 42.9 Å². The van der Waals surface area contributed by atoms with Gasteiger partial charge in [0.2, 0.25) is 5.91 Å². The molecule has 1 spiro atoms. The van der Waals surface area contributed by atoms with Gasteiger partial charge in [-0.3, -0.25) is 9.59 Å². The van der Waals surface area contributed by atoms with Crippen LogP contribution < -0.4 is 5.32 Å². The molecule has 0 aromatic rings. The summed E-state index contributed by atoms with van der Waals surface area (Å²) in [6.07, 6.45) is 15.1. The predicted molar refractivity (Wildman–Crippen MR) is 123 cm³/mol. The molecule has 3 N–H and O–H groups in total. The van der Waals surface area contributed by atoms with Crippen molar-refractivity contribution in [2.24, 2.45) is 46.3 Å². The number of rotatable bonds is 6. The Labute approximate surface area is 192 Å². The summed E-state index contributed by atoms with van der Waals surface area (Å²) in [7, 11) is 0. The number of hydrogen-bond donors (Lipinski definition) is 3. The van der Waals surface area contributed by atoms with E-state index < -0.39 is 5.97 Å². The van der Waals surface area contributed by atoms with Crippen LogP contribution in [0.15, 0.2) is 11.6 Å². The van der Waals surface area contributed by atoms with E-state index in [9.17, 15) is 14.7 Å². The van der Waals surface area contributed by atoms with Crippen molar-refractivity contribution in [1.29, 1.82) is 0 Å². The summed E-state index contributed by atoms with van der Waals surface area (Å²) < 4.78 is 0. The second-order valence-corrected chi connectivity index (χ2v) is 12.1. The Hall–Kier alpha value is -1.36. The first-order valence-corrected chi connectivity index (χ1v) is 13.1. The summed E-state index contributed by atoms with van der Waals surface area (Å²) in [6, 6.07) is 0. The van der Waals surface area contributed by atoms with Crippen LogP contribution in [0.1, 0.15) is 84.5 Å². The minimum atomic E-state index is -0.991. The maximum absolute atomic E-state index is 11.9. The second kappa shape index (κ2) is 8.14. The monoisotopic (exact) mass is 443 g/mol. The topological polar surface area (TPSA) is 86.6 Å². The largest absolute Gasteiger partial charge is 0.480 e. The van der Waals surface area contributed by atoms with Crippen LogP contribution in [-0.4, -0.2) is 34.7 Å². The third-order valence-electron chi connectivity index (χ3n) is 10.9. The zero-order chi connectivity index (χ0) is 22.7. The van der Waals surface area contributed by atoms with Gasteiger partial charge < -0.3 is 15.5 Å². The second-order valence-electron chi connectivity index (χ2n) is 12.1. The number of aliphatic hydroxyl groups is 1. The Balaban J connectivity index is 1.24. The van der Waals surface area contributed by atoms with Gasteiger partial charge in [0, 0.05) is 6.42 Å². The van der Waals surface area contributed by atoms with Gasteiger partial charge in [-0.1, -0.05) is 25.5 Å². The van der Waals surface area contributed by atoms with Gasteiger partial charge in [-0.2, -0.15) is 0 Å². The SMILES string of the molecule is CC(CCC(=O)NCC(=O)O)C1=CC23CCC4C(CCC5C[C@H](O)CCC54C)C2CCC13. The van der Waals surface area contributed by atoms with Crippen LogP contribution in [0.25, 0.3) is 0 Å². The van der Waals surface area contributed by atoms with E-state index in [4.69, 9.17) is 5.11 Å². The quantitative estimate of drug-likeness (QED) is 0.526. The molecule has 5 rings (SSSR count). The molecule has 5 nitrogen and oxygen atoms in total. The number of hydrogen-bond acceptors (Lipinski definition) is 3. The molecule has 178 valence electrons. The molecule has 0 bridgehead atoms. The van der Waals surface area contributed by atoms with E-state index >= 15 is 0 Å². The highest BCUT2D eigenvalue weighted by molar-refractivity contribution is 5.81. The number of carbonyl (C=O) groups excluding carboxylic acids is 1. The van der Waals surface area contributed by atoms with Crippen LogP contribution in [0.2, 0.25) is 0 Å². The van der Waals surface area contributed by atoms with E-state index in [1.165, 1.54) is 44.9 Å². The van der Waals surface area contributed by atoms with E-state index in [0.29, 0.717) is 29.1 Å². The van der Waals surface area contributed by atoms with Crippen molar-refractivity contribution < 1.29 is 19.8 Å². The molecule has 0 heterocycles. The minimum absolute atomic E-state index is 0.0692. The first-order valence-electron chi connectivity index (χ1n) is 13.1. The Morgan fingerprint density at radius 2 is 1.94 bits per heavy atom.